The second-order valence-corrected chi connectivity index (χ2v) is 5.68. The second-order valence-electron chi connectivity index (χ2n) is 4.76. The fraction of sp³-hybridized carbons (Fsp3) is 0.500. The summed E-state index contributed by atoms with van der Waals surface area (Å²) in [5.74, 6) is 1.83. The fourth-order valence-electron chi connectivity index (χ4n) is 2.08. The van der Waals surface area contributed by atoms with Crippen molar-refractivity contribution in [3.8, 4) is 11.5 Å². The molecule has 2 rings (SSSR count). The minimum atomic E-state index is 0.541. The fourth-order valence-corrected chi connectivity index (χ4v) is 2.32. The molecule has 0 aromatic carbocycles. The van der Waals surface area contributed by atoms with Crippen LogP contribution in [0, 0.1) is 5.92 Å². The topological polar surface area (TPSA) is 77.8 Å². The highest BCUT2D eigenvalue weighted by Crippen LogP contribution is 2.18. The highest BCUT2D eigenvalue weighted by molar-refractivity contribution is 9.10. The molecule has 0 aliphatic carbocycles. The normalized spacial score (nSPS) is 12.6. The lowest BCUT2D eigenvalue weighted by Gasteiger charge is -2.11. The molecule has 1 atom stereocenters. The highest BCUT2D eigenvalue weighted by Gasteiger charge is 2.12. The van der Waals surface area contributed by atoms with Crippen molar-refractivity contribution in [2.45, 2.75) is 32.6 Å². The number of nitrogens with zero attached hydrogens (tertiary/aromatic N) is 3. The van der Waals surface area contributed by atoms with Crippen LogP contribution in [0.15, 0.2) is 27.3 Å². The Hall–Kier alpha value is -1.27. The summed E-state index contributed by atoms with van der Waals surface area (Å²) >= 11 is 3.35. The van der Waals surface area contributed by atoms with Gasteiger partial charge in [-0.2, -0.15) is 4.98 Å². The van der Waals surface area contributed by atoms with Crippen LogP contribution in [0.25, 0.3) is 11.5 Å². The minimum Gasteiger partial charge on any atom is -0.339 e. The maximum Gasteiger partial charge on any atom is 0.227 e. The predicted molar refractivity (Wildman–Crippen MR) is 81.0 cm³/mol. The highest BCUT2D eigenvalue weighted by atomic mass is 79.9. The lowest BCUT2D eigenvalue weighted by Crippen LogP contribution is -2.09. The number of aryl methyl sites for hydroxylation is 1. The number of nitrogens with two attached hydrogens (primary N) is 1. The monoisotopic (exact) mass is 338 g/mol. The smallest absolute Gasteiger partial charge is 0.227 e. The standard InChI is InChI=1S/C14H19BrN4O/c1-2-10(7-8-16)3-6-13-18-14(19-20-13)12-5-4-11(15)9-17-12/h4-5,9-10H,2-3,6-8,16H2,1H3. The van der Waals surface area contributed by atoms with E-state index in [2.05, 4.69) is 38.0 Å². The van der Waals surface area contributed by atoms with E-state index in [0.717, 1.165) is 42.4 Å². The Labute approximate surface area is 127 Å². The maximum absolute atomic E-state index is 5.60. The lowest BCUT2D eigenvalue weighted by atomic mass is 9.97. The van der Waals surface area contributed by atoms with E-state index in [0.29, 0.717) is 17.6 Å². The number of hydrogen-bond donors (Lipinski definition) is 1. The van der Waals surface area contributed by atoms with E-state index >= 15 is 0 Å². The van der Waals surface area contributed by atoms with Crippen LogP contribution in [0.1, 0.15) is 32.1 Å². The molecule has 20 heavy (non-hydrogen) atoms. The summed E-state index contributed by atoms with van der Waals surface area (Å²) in [6.07, 6.45) is 5.73. The van der Waals surface area contributed by atoms with Gasteiger partial charge in [-0.3, -0.25) is 4.98 Å². The Balaban J connectivity index is 1.96. The van der Waals surface area contributed by atoms with Gasteiger partial charge in [0.1, 0.15) is 5.69 Å². The molecule has 0 saturated heterocycles. The Morgan fingerprint density at radius 1 is 1.35 bits per heavy atom. The van der Waals surface area contributed by atoms with Gasteiger partial charge in [-0.15, -0.1) is 0 Å². The third kappa shape index (κ3) is 4.11. The van der Waals surface area contributed by atoms with Crippen LogP contribution in [0.4, 0.5) is 0 Å². The van der Waals surface area contributed by atoms with E-state index in [1.807, 2.05) is 12.1 Å². The maximum atomic E-state index is 5.60. The number of aromatic nitrogens is 3. The number of pyridine rings is 1. The molecule has 2 heterocycles. The van der Waals surface area contributed by atoms with Crippen LogP contribution < -0.4 is 5.73 Å². The first kappa shape index (κ1) is 15.1. The molecule has 0 saturated carbocycles. The largest absolute Gasteiger partial charge is 0.339 e. The van der Waals surface area contributed by atoms with E-state index in [4.69, 9.17) is 10.3 Å². The Kier molecular flexibility index (Phi) is 5.67. The summed E-state index contributed by atoms with van der Waals surface area (Å²) in [5, 5.41) is 3.98. The predicted octanol–water partition coefficient (Wildman–Crippen LogP) is 3.20. The average Bonchev–Trinajstić information content (AvgIpc) is 2.93. The van der Waals surface area contributed by atoms with Gasteiger partial charge in [0.15, 0.2) is 0 Å². The molecule has 0 radical (unpaired) electrons. The molecule has 5 nitrogen and oxygen atoms in total. The SMILES string of the molecule is CCC(CCN)CCc1nc(-c2ccc(Br)cn2)no1. The number of hydrogen-bond acceptors (Lipinski definition) is 5. The van der Waals surface area contributed by atoms with E-state index < -0.39 is 0 Å². The molecule has 6 heteroatoms. The molecular formula is C14H19BrN4O. The summed E-state index contributed by atoms with van der Waals surface area (Å²) < 4.78 is 6.21. The minimum absolute atomic E-state index is 0.541. The van der Waals surface area contributed by atoms with Gasteiger partial charge in [0.05, 0.1) is 0 Å². The molecule has 2 aromatic heterocycles. The van der Waals surface area contributed by atoms with Crippen molar-refractivity contribution in [3.63, 3.8) is 0 Å². The summed E-state index contributed by atoms with van der Waals surface area (Å²) in [6.45, 7) is 2.92. The zero-order valence-corrected chi connectivity index (χ0v) is 13.1. The van der Waals surface area contributed by atoms with Gasteiger partial charge in [-0.25, -0.2) is 0 Å². The van der Waals surface area contributed by atoms with Crippen molar-refractivity contribution < 1.29 is 4.52 Å². The molecule has 0 bridgehead atoms. The zero-order valence-electron chi connectivity index (χ0n) is 11.6. The van der Waals surface area contributed by atoms with Crippen LogP contribution in [0.3, 0.4) is 0 Å². The van der Waals surface area contributed by atoms with Gasteiger partial charge >= 0.3 is 0 Å². The van der Waals surface area contributed by atoms with Crippen molar-refractivity contribution >= 4 is 15.9 Å². The van der Waals surface area contributed by atoms with Crippen molar-refractivity contribution in [1.29, 1.82) is 0 Å². The molecule has 2 N–H and O–H groups in total. The van der Waals surface area contributed by atoms with E-state index in [-0.39, 0.29) is 0 Å². The van der Waals surface area contributed by atoms with Crippen molar-refractivity contribution in [3.05, 3.63) is 28.7 Å². The Morgan fingerprint density at radius 3 is 2.85 bits per heavy atom. The average molecular weight is 339 g/mol. The van der Waals surface area contributed by atoms with Crippen LogP contribution in [-0.4, -0.2) is 21.7 Å². The van der Waals surface area contributed by atoms with Gasteiger partial charge in [-0.05, 0) is 53.4 Å². The quantitative estimate of drug-likeness (QED) is 0.838. The van der Waals surface area contributed by atoms with Gasteiger partial charge in [0.25, 0.3) is 0 Å². The third-order valence-electron chi connectivity index (χ3n) is 3.34. The summed E-state index contributed by atoms with van der Waals surface area (Å²) in [7, 11) is 0. The molecule has 0 aliphatic rings. The van der Waals surface area contributed by atoms with Crippen LogP contribution >= 0.6 is 15.9 Å². The molecule has 0 fully saturated rings. The molecule has 2 aromatic rings. The third-order valence-corrected chi connectivity index (χ3v) is 3.81. The van der Waals surface area contributed by atoms with Crippen molar-refractivity contribution in [1.82, 2.24) is 15.1 Å². The zero-order chi connectivity index (χ0) is 14.4. The van der Waals surface area contributed by atoms with Crippen molar-refractivity contribution in [2.75, 3.05) is 6.54 Å². The summed E-state index contributed by atoms with van der Waals surface area (Å²) in [6, 6.07) is 3.77. The number of halogens is 1. The van der Waals surface area contributed by atoms with Gasteiger partial charge in [0.2, 0.25) is 11.7 Å². The summed E-state index contributed by atoms with van der Waals surface area (Å²) in [5.41, 5.74) is 6.32. The molecular weight excluding hydrogens is 320 g/mol. The van der Waals surface area contributed by atoms with E-state index in [1.54, 1.807) is 6.20 Å². The second kappa shape index (κ2) is 7.50. The molecule has 0 amide bonds. The Morgan fingerprint density at radius 2 is 2.20 bits per heavy atom. The first-order valence-electron chi connectivity index (χ1n) is 6.87. The van der Waals surface area contributed by atoms with Gasteiger partial charge in [0, 0.05) is 17.1 Å². The van der Waals surface area contributed by atoms with Crippen LogP contribution in [0.2, 0.25) is 0 Å². The van der Waals surface area contributed by atoms with Crippen LogP contribution in [-0.2, 0) is 6.42 Å². The first-order valence-corrected chi connectivity index (χ1v) is 7.66. The van der Waals surface area contributed by atoms with Gasteiger partial charge in [-0.1, -0.05) is 18.5 Å². The molecule has 0 aliphatic heterocycles. The van der Waals surface area contributed by atoms with Crippen molar-refractivity contribution in [2.24, 2.45) is 11.7 Å². The van der Waals surface area contributed by atoms with E-state index in [9.17, 15) is 0 Å². The number of rotatable bonds is 7. The summed E-state index contributed by atoms with van der Waals surface area (Å²) in [4.78, 5) is 8.64. The lowest BCUT2D eigenvalue weighted by molar-refractivity contribution is 0.354. The molecule has 108 valence electrons. The first-order chi connectivity index (χ1) is 9.72. The molecule has 1 unspecified atom stereocenters. The van der Waals surface area contributed by atoms with Gasteiger partial charge < -0.3 is 10.3 Å². The van der Waals surface area contributed by atoms with Crippen LogP contribution in [0.5, 0.6) is 0 Å². The Bertz CT molecular complexity index is 526. The van der Waals surface area contributed by atoms with E-state index in [1.165, 1.54) is 0 Å². The molecule has 0 spiro atoms.